The van der Waals surface area contributed by atoms with Crippen LogP contribution in [0.4, 0.5) is 0 Å². The number of rotatable bonds is 7. The van der Waals surface area contributed by atoms with E-state index < -0.39 is 23.7 Å². The van der Waals surface area contributed by atoms with Gasteiger partial charge in [-0.15, -0.1) is 6.58 Å². The van der Waals surface area contributed by atoms with Crippen molar-refractivity contribution >= 4 is 11.8 Å². The maximum absolute atomic E-state index is 11.2. The van der Waals surface area contributed by atoms with Crippen LogP contribution in [0.3, 0.4) is 0 Å². The Bertz CT molecular complexity index is 249. The maximum atomic E-state index is 11.2. The van der Waals surface area contributed by atoms with E-state index in [0.717, 1.165) is 0 Å². The molecule has 4 heteroatoms. The lowest BCUT2D eigenvalue weighted by Crippen LogP contribution is -2.38. The van der Waals surface area contributed by atoms with Crippen LogP contribution >= 0.6 is 0 Å². The van der Waals surface area contributed by atoms with Crippen molar-refractivity contribution < 1.29 is 9.59 Å². The van der Waals surface area contributed by atoms with E-state index in [1.165, 1.54) is 0 Å². The molecule has 15 heavy (non-hydrogen) atoms. The van der Waals surface area contributed by atoms with E-state index in [1.54, 1.807) is 6.08 Å². The van der Waals surface area contributed by atoms with Crippen molar-refractivity contribution in [2.45, 2.75) is 26.7 Å². The lowest BCUT2D eigenvalue weighted by molar-refractivity contribution is -0.131. The van der Waals surface area contributed by atoms with Crippen molar-refractivity contribution in [1.82, 2.24) is 0 Å². The number of allylic oxidation sites excluding steroid dienone is 1. The molecular weight excluding hydrogens is 192 g/mol. The van der Waals surface area contributed by atoms with Crippen LogP contribution in [0.15, 0.2) is 12.7 Å². The van der Waals surface area contributed by atoms with Crippen molar-refractivity contribution in [3.05, 3.63) is 12.7 Å². The van der Waals surface area contributed by atoms with E-state index in [-0.39, 0.29) is 0 Å². The Labute approximate surface area is 90.7 Å². The van der Waals surface area contributed by atoms with Gasteiger partial charge in [0.05, 0.1) is 5.92 Å². The van der Waals surface area contributed by atoms with Gasteiger partial charge in [-0.2, -0.15) is 0 Å². The Morgan fingerprint density at radius 1 is 1.20 bits per heavy atom. The van der Waals surface area contributed by atoms with Gasteiger partial charge < -0.3 is 11.5 Å². The number of carbonyl (C=O) groups is 2. The first kappa shape index (κ1) is 13.7. The first-order valence-electron chi connectivity index (χ1n) is 5.09. The van der Waals surface area contributed by atoms with Gasteiger partial charge in [-0.1, -0.05) is 19.9 Å². The molecule has 0 aromatic rings. The second-order valence-electron chi connectivity index (χ2n) is 4.17. The largest absolute Gasteiger partial charge is 0.369 e. The van der Waals surface area contributed by atoms with Gasteiger partial charge in [-0.05, 0) is 18.8 Å². The highest BCUT2D eigenvalue weighted by Gasteiger charge is 2.30. The van der Waals surface area contributed by atoms with E-state index >= 15 is 0 Å². The fourth-order valence-electron chi connectivity index (χ4n) is 1.64. The lowest BCUT2D eigenvalue weighted by atomic mass is 9.82. The van der Waals surface area contributed by atoms with Crippen LogP contribution in [-0.4, -0.2) is 11.8 Å². The minimum Gasteiger partial charge on any atom is -0.369 e. The molecule has 0 saturated carbocycles. The Balaban J connectivity index is 4.74. The fourth-order valence-corrected chi connectivity index (χ4v) is 1.64. The first-order valence-corrected chi connectivity index (χ1v) is 5.09. The summed E-state index contributed by atoms with van der Waals surface area (Å²) in [5, 5.41) is 0. The zero-order chi connectivity index (χ0) is 12.0. The van der Waals surface area contributed by atoms with Crippen molar-refractivity contribution in [2.75, 3.05) is 0 Å². The molecule has 0 fully saturated rings. The highest BCUT2D eigenvalue weighted by atomic mass is 16.2. The molecule has 4 N–H and O–H groups in total. The summed E-state index contributed by atoms with van der Waals surface area (Å²) in [7, 11) is 0. The lowest BCUT2D eigenvalue weighted by Gasteiger charge is -2.22. The van der Waals surface area contributed by atoms with E-state index in [4.69, 9.17) is 11.5 Å². The number of nitrogens with two attached hydrogens (primary N) is 2. The van der Waals surface area contributed by atoms with Gasteiger partial charge in [-0.3, -0.25) is 9.59 Å². The van der Waals surface area contributed by atoms with Crippen molar-refractivity contribution in [1.29, 1.82) is 0 Å². The predicted octanol–water partition coefficient (Wildman–Crippen LogP) is 0.812. The van der Waals surface area contributed by atoms with Gasteiger partial charge in [-0.25, -0.2) is 0 Å². The zero-order valence-electron chi connectivity index (χ0n) is 9.40. The second-order valence-corrected chi connectivity index (χ2v) is 4.17. The minimum absolute atomic E-state index is 0.300. The SMILES string of the molecule is C=CC[C@H](C(N)=O)[C@@H](CC(C)C)C(N)=O. The average molecular weight is 212 g/mol. The zero-order valence-corrected chi connectivity index (χ0v) is 9.40. The topological polar surface area (TPSA) is 86.2 Å². The summed E-state index contributed by atoms with van der Waals surface area (Å²) >= 11 is 0. The molecule has 0 aromatic carbocycles. The van der Waals surface area contributed by atoms with E-state index in [1.807, 2.05) is 13.8 Å². The highest BCUT2D eigenvalue weighted by Crippen LogP contribution is 2.23. The summed E-state index contributed by atoms with van der Waals surface area (Å²) in [6.07, 6.45) is 2.57. The Morgan fingerprint density at radius 2 is 1.67 bits per heavy atom. The van der Waals surface area contributed by atoms with Gasteiger partial charge >= 0.3 is 0 Å². The fraction of sp³-hybridized carbons (Fsp3) is 0.636. The molecule has 2 atom stereocenters. The van der Waals surface area contributed by atoms with Crippen LogP contribution in [0.25, 0.3) is 0 Å². The molecule has 4 nitrogen and oxygen atoms in total. The number of carbonyl (C=O) groups excluding carboxylic acids is 2. The average Bonchev–Trinajstić information content (AvgIpc) is 2.09. The summed E-state index contributed by atoms with van der Waals surface area (Å²) in [5.74, 6) is -1.66. The molecule has 2 amide bonds. The Hall–Kier alpha value is -1.32. The third kappa shape index (κ3) is 4.63. The third-order valence-corrected chi connectivity index (χ3v) is 2.36. The van der Waals surface area contributed by atoms with Crippen molar-refractivity contribution in [2.24, 2.45) is 29.2 Å². The normalized spacial score (nSPS) is 14.6. The summed E-state index contributed by atoms with van der Waals surface area (Å²) in [6.45, 7) is 7.49. The predicted molar refractivity (Wildman–Crippen MR) is 59.6 cm³/mol. The van der Waals surface area contributed by atoms with E-state index in [2.05, 4.69) is 6.58 Å². The molecule has 0 heterocycles. The second kappa shape index (κ2) is 6.22. The van der Waals surface area contributed by atoms with Crippen LogP contribution in [-0.2, 0) is 9.59 Å². The summed E-state index contributed by atoms with van der Waals surface area (Å²) in [5.41, 5.74) is 10.5. The number of primary amides is 2. The van der Waals surface area contributed by atoms with Gasteiger partial charge in [0.2, 0.25) is 11.8 Å². The molecule has 86 valence electrons. The highest BCUT2D eigenvalue weighted by molar-refractivity contribution is 5.86. The summed E-state index contributed by atoms with van der Waals surface area (Å²) in [4.78, 5) is 22.4. The smallest absolute Gasteiger partial charge is 0.221 e. The molecule has 0 bridgehead atoms. The van der Waals surface area contributed by atoms with Crippen LogP contribution in [0.1, 0.15) is 26.7 Å². The quantitative estimate of drug-likeness (QED) is 0.612. The van der Waals surface area contributed by atoms with E-state index in [9.17, 15) is 9.59 Å². The summed E-state index contributed by atoms with van der Waals surface area (Å²) in [6, 6.07) is 0. The molecule has 0 spiro atoms. The molecule has 0 saturated heterocycles. The van der Waals surface area contributed by atoms with Gasteiger partial charge in [0.25, 0.3) is 0 Å². The van der Waals surface area contributed by atoms with Crippen LogP contribution < -0.4 is 11.5 Å². The Kier molecular flexibility index (Phi) is 5.67. The Morgan fingerprint density at radius 3 is 1.93 bits per heavy atom. The third-order valence-electron chi connectivity index (χ3n) is 2.36. The minimum atomic E-state index is -0.526. The summed E-state index contributed by atoms with van der Waals surface area (Å²) < 4.78 is 0. The maximum Gasteiger partial charge on any atom is 0.221 e. The molecule has 0 aliphatic rings. The first-order chi connectivity index (χ1) is 6.90. The molecular formula is C11H20N2O2. The van der Waals surface area contributed by atoms with Gasteiger partial charge in [0.15, 0.2) is 0 Å². The monoisotopic (exact) mass is 212 g/mol. The van der Waals surface area contributed by atoms with Gasteiger partial charge in [0.1, 0.15) is 0 Å². The molecule has 0 aromatic heterocycles. The molecule has 0 rings (SSSR count). The molecule has 0 aliphatic carbocycles. The van der Waals surface area contributed by atoms with E-state index in [0.29, 0.717) is 18.8 Å². The van der Waals surface area contributed by atoms with Crippen LogP contribution in [0, 0.1) is 17.8 Å². The van der Waals surface area contributed by atoms with Crippen molar-refractivity contribution in [3.63, 3.8) is 0 Å². The number of hydrogen-bond donors (Lipinski definition) is 2. The molecule has 0 aliphatic heterocycles. The van der Waals surface area contributed by atoms with Gasteiger partial charge in [0, 0.05) is 5.92 Å². The molecule has 0 unspecified atom stereocenters. The molecule has 0 radical (unpaired) electrons. The standard InChI is InChI=1S/C11H20N2O2/c1-4-5-8(10(12)14)9(11(13)15)6-7(2)3/h4,7-9H,1,5-6H2,2-3H3,(H2,12,14)(H2,13,15)/t8-,9+/m0/s1. The van der Waals surface area contributed by atoms with Crippen LogP contribution in [0.2, 0.25) is 0 Å². The number of hydrogen-bond acceptors (Lipinski definition) is 2. The van der Waals surface area contributed by atoms with Crippen molar-refractivity contribution in [3.8, 4) is 0 Å². The van der Waals surface area contributed by atoms with Crippen LogP contribution in [0.5, 0.6) is 0 Å². The number of amides is 2.